The first-order valence-corrected chi connectivity index (χ1v) is 7.85. The molecule has 7 heteroatoms. The monoisotopic (exact) mass is 330 g/mol. The number of carbonyl (C=O) groups is 2. The highest BCUT2D eigenvalue weighted by atomic mass is 16.5. The van der Waals surface area contributed by atoms with Gasteiger partial charge in [-0.15, -0.1) is 0 Å². The Labute approximate surface area is 138 Å². The Bertz CT molecular complexity index is 836. The zero-order valence-corrected chi connectivity index (χ0v) is 13.3. The van der Waals surface area contributed by atoms with Crippen LogP contribution in [0.5, 0.6) is 0 Å². The van der Waals surface area contributed by atoms with Gasteiger partial charge in [0.05, 0.1) is 6.61 Å². The Kier molecular flexibility index (Phi) is 4.61. The van der Waals surface area contributed by atoms with Crippen LogP contribution < -0.4 is 10.7 Å². The number of amides is 1. The van der Waals surface area contributed by atoms with Crippen LogP contribution in [0.25, 0.3) is 10.9 Å². The molecule has 1 aliphatic rings. The van der Waals surface area contributed by atoms with Gasteiger partial charge in [-0.3, -0.25) is 9.59 Å². The number of rotatable bonds is 4. The lowest BCUT2D eigenvalue weighted by Crippen LogP contribution is -2.27. The molecule has 2 aromatic rings. The molecular formula is C17H18N2O5. The summed E-state index contributed by atoms with van der Waals surface area (Å²) in [6.45, 7) is 2.44. The Morgan fingerprint density at radius 2 is 2.25 bits per heavy atom. The molecule has 0 bridgehead atoms. The lowest BCUT2D eigenvalue weighted by molar-refractivity contribution is -0.124. The molecule has 7 nitrogen and oxygen atoms in total. The Balaban J connectivity index is 1.91. The average Bonchev–Trinajstić information content (AvgIpc) is 3.10. The highest BCUT2D eigenvalue weighted by Crippen LogP contribution is 2.18. The summed E-state index contributed by atoms with van der Waals surface area (Å²) in [5, 5.41) is 3.06. The Hall–Kier alpha value is -2.67. The molecule has 2 heterocycles. The molecule has 0 saturated carbocycles. The predicted octanol–water partition coefficient (Wildman–Crippen LogP) is 1.82. The van der Waals surface area contributed by atoms with Crippen molar-refractivity contribution >= 4 is 28.5 Å². The van der Waals surface area contributed by atoms with Crippen molar-refractivity contribution in [3.05, 3.63) is 40.2 Å². The standard InChI is InChI=1S/C17H18N2O5/c1-2-23-17(22)12-9-18-13-6-5-10(8-11(13)15(12)20)19-16(21)14-4-3-7-24-14/h5-6,8-9,14H,2-4,7H2,1H3,(H,18,20)(H,19,21). The molecule has 24 heavy (non-hydrogen) atoms. The van der Waals surface area contributed by atoms with E-state index in [2.05, 4.69) is 10.3 Å². The van der Waals surface area contributed by atoms with Crippen molar-refractivity contribution in [2.45, 2.75) is 25.9 Å². The number of anilines is 1. The molecule has 1 aromatic heterocycles. The highest BCUT2D eigenvalue weighted by molar-refractivity contribution is 5.98. The van der Waals surface area contributed by atoms with Gasteiger partial charge in [0.1, 0.15) is 11.7 Å². The summed E-state index contributed by atoms with van der Waals surface area (Å²) >= 11 is 0. The van der Waals surface area contributed by atoms with Gasteiger partial charge < -0.3 is 19.8 Å². The molecule has 1 unspecified atom stereocenters. The number of esters is 1. The zero-order chi connectivity index (χ0) is 17.1. The van der Waals surface area contributed by atoms with E-state index >= 15 is 0 Å². The summed E-state index contributed by atoms with van der Waals surface area (Å²) in [7, 11) is 0. The van der Waals surface area contributed by atoms with Gasteiger partial charge in [-0.2, -0.15) is 0 Å². The second-order valence-electron chi connectivity index (χ2n) is 5.50. The van der Waals surface area contributed by atoms with Gasteiger partial charge in [-0.1, -0.05) is 0 Å². The average molecular weight is 330 g/mol. The molecule has 1 atom stereocenters. The van der Waals surface area contributed by atoms with Crippen LogP contribution in [0.2, 0.25) is 0 Å². The van der Waals surface area contributed by atoms with Gasteiger partial charge in [0, 0.05) is 29.4 Å². The smallest absolute Gasteiger partial charge is 0.343 e. The summed E-state index contributed by atoms with van der Waals surface area (Å²) in [4.78, 5) is 39.3. The number of nitrogens with one attached hydrogen (secondary N) is 2. The number of H-pyrrole nitrogens is 1. The van der Waals surface area contributed by atoms with Crippen molar-refractivity contribution < 1.29 is 19.1 Å². The topological polar surface area (TPSA) is 97.5 Å². The third-order valence-electron chi connectivity index (χ3n) is 3.87. The van der Waals surface area contributed by atoms with Crippen LogP contribution in [0, 0.1) is 0 Å². The molecule has 3 rings (SSSR count). The second-order valence-corrected chi connectivity index (χ2v) is 5.50. The van der Waals surface area contributed by atoms with E-state index in [0.29, 0.717) is 29.6 Å². The van der Waals surface area contributed by atoms with E-state index in [9.17, 15) is 14.4 Å². The third-order valence-corrected chi connectivity index (χ3v) is 3.87. The zero-order valence-electron chi connectivity index (χ0n) is 13.3. The molecule has 0 aliphatic carbocycles. The first-order chi connectivity index (χ1) is 11.6. The molecule has 1 saturated heterocycles. The van der Waals surface area contributed by atoms with E-state index < -0.39 is 17.5 Å². The summed E-state index contributed by atoms with van der Waals surface area (Å²) in [5.74, 6) is -0.903. The fraction of sp³-hybridized carbons (Fsp3) is 0.353. The fourth-order valence-corrected chi connectivity index (χ4v) is 2.66. The van der Waals surface area contributed by atoms with Crippen molar-refractivity contribution in [3.63, 3.8) is 0 Å². The summed E-state index contributed by atoms with van der Waals surface area (Å²) in [6.07, 6.45) is 2.43. The molecule has 2 N–H and O–H groups in total. The van der Waals surface area contributed by atoms with E-state index in [1.807, 2.05) is 0 Å². The molecule has 1 fully saturated rings. The first kappa shape index (κ1) is 16.2. The van der Waals surface area contributed by atoms with Gasteiger partial charge in [-0.05, 0) is 38.0 Å². The lowest BCUT2D eigenvalue weighted by atomic mass is 10.1. The van der Waals surface area contributed by atoms with Crippen molar-refractivity contribution in [3.8, 4) is 0 Å². The van der Waals surface area contributed by atoms with E-state index in [4.69, 9.17) is 9.47 Å². The van der Waals surface area contributed by atoms with Crippen LogP contribution >= 0.6 is 0 Å². The van der Waals surface area contributed by atoms with E-state index in [-0.39, 0.29) is 18.1 Å². The van der Waals surface area contributed by atoms with Gasteiger partial charge in [0.25, 0.3) is 5.91 Å². The predicted molar refractivity (Wildman–Crippen MR) is 88.1 cm³/mol. The van der Waals surface area contributed by atoms with Gasteiger partial charge in [0.15, 0.2) is 0 Å². The number of hydrogen-bond acceptors (Lipinski definition) is 5. The summed E-state index contributed by atoms with van der Waals surface area (Å²) in [5.41, 5.74) is 0.556. The number of pyridine rings is 1. The maximum absolute atomic E-state index is 12.5. The minimum absolute atomic E-state index is 0.0630. The van der Waals surface area contributed by atoms with Crippen LogP contribution in [0.3, 0.4) is 0 Å². The van der Waals surface area contributed by atoms with Crippen LogP contribution in [0.4, 0.5) is 5.69 Å². The number of aromatic nitrogens is 1. The number of carbonyl (C=O) groups excluding carboxylic acids is 2. The van der Waals surface area contributed by atoms with Crippen molar-refractivity contribution in [1.29, 1.82) is 0 Å². The van der Waals surface area contributed by atoms with Crippen molar-refractivity contribution in [1.82, 2.24) is 4.98 Å². The number of benzene rings is 1. The molecular weight excluding hydrogens is 312 g/mol. The summed E-state index contributed by atoms with van der Waals surface area (Å²) < 4.78 is 10.2. The van der Waals surface area contributed by atoms with Crippen molar-refractivity contribution in [2.24, 2.45) is 0 Å². The van der Waals surface area contributed by atoms with E-state index in [1.165, 1.54) is 6.20 Å². The number of hydrogen-bond donors (Lipinski definition) is 2. The molecule has 1 aromatic carbocycles. The van der Waals surface area contributed by atoms with E-state index in [1.54, 1.807) is 25.1 Å². The van der Waals surface area contributed by atoms with Crippen LogP contribution in [0.15, 0.2) is 29.2 Å². The summed E-state index contributed by atoms with van der Waals surface area (Å²) in [6, 6.07) is 4.91. The van der Waals surface area contributed by atoms with Crippen LogP contribution in [-0.4, -0.2) is 36.2 Å². The quantitative estimate of drug-likeness (QED) is 0.834. The maximum Gasteiger partial charge on any atom is 0.343 e. The molecule has 1 aliphatic heterocycles. The van der Waals surface area contributed by atoms with Gasteiger partial charge >= 0.3 is 5.97 Å². The SMILES string of the molecule is CCOC(=O)c1c[nH]c2ccc(NC(=O)C3CCCO3)cc2c1=O. The Morgan fingerprint density at radius 1 is 1.42 bits per heavy atom. The molecule has 0 radical (unpaired) electrons. The second kappa shape index (κ2) is 6.84. The fourth-order valence-electron chi connectivity index (χ4n) is 2.66. The van der Waals surface area contributed by atoms with Crippen LogP contribution in [0.1, 0.15) is 30.1 Å². The molecule has 0 spiro atoms. The van der Waals surface area contributed by atoms with Gasteiger partial charge in [0.2, 0.25) is 5.43 Å². The Morgan fingerprint density at radius 3 is 2.96 bits per heavy atom. The molecule has 126 valence electrons. The van der Waals surface area contributed by atoms with Gasteiger partial charge in [-0.25, -0.2) is 4.79 Å². The molecule has 1 amide bonds. The van der Waals surface area contributed by atoms with Crippen molar-refractivity contribution in [2.75, 3.05) is 18.5 Å². The minimum atomic E-state index is -0.672. The minimum Gasteiger partial charge on any atom is -0.462 e. The number of aromatic amines is 1. The lowest BCUT2D eigenvalue weighted by Gasteiger charge is -2.11. The first-order valence-electron chi connectivity index (χ1n) is 7.85. The third kappa shape index (κ3) is 3.16. The highest BCUT2D eigenvalue weighted by Gasteiger charge is 2.23. The number of fused-ring (bicyclic) bond motifs is 1. The van der Waals surface area contributed by atoms with E-state index in [0.717, 1.165) is 6.42 Å². The maximum atomic E-state index is 12.5. The normalized spacial score (nSPS) is 17.0. The van der Waals surface area contributed by atoms with Crippen LogP contribution in [-0.2, 0) is 14.3 Å². The number of ether oxygens (including phenoxy) is 2. The largest absolute Gasteiger partial charge is 0.462 e.